The van der Waals surface area contributed by atoms with Gasteiger partial charge in [-0.1, -0.05) is 24.9 Å². The number of carbonyl (C=O) groups is 2. The van der Waals surface area contributed by atoms with E-state index < -0.39 is 11.9 Å². The van der Waals surface area contributed by atoms with Crippen molar-refractivity contribution < 1.29 is 19.2 Å². The van der Waals surface area contributed by atoms with Crippen LogP contribution >= 0.6 is 11.6 Å². The van der Waals surface area contributed by atoms with Crippen LogP contribution < -0.4 is 0 Å². The highest BCUT2D eigenvalue weighted by molar-refractivity contribution is 6.20. The molecule has 1 N–H and O–H groups in total. The van der Waals surface area contributed by atoms with Crippen LogP contribution in [0.4, 0.5) is 0 Å². The molecule has 4 nitrogen and oxygen atoms in total. The molecule has 5 heteroatoms. The smallest absolute Gasteiger partial charge is 0.314 e. The van der Waals surface area contributed by atoms with Gasteiger partial charge < -0.3 is 9.59 Å². The Balaban J connectivity index is 4.55. The van der Waals surface area contributed by atoms with Crippen molar-refractivity contribution in [2.45, 2.75) is 38.1 Å². The molecule has 0 spiro atoms. The first kappa shape index (κ1) is 16.4. The molecule has 0 aromatic heterocycles. The summed E-state index contributed by atoms with van der Waals surface area (Å²) in [6.45, 7) is 1.97. The lowest BCUT2D eigenvalue weighted by molar-refractivity contribution is -0.883. The van der Waals surface area contributed by atoms with Crippen molar-refractivity contribution in [3.05, 3.63) is 0 Å². The van der Waals surface area contributed by atoms with Gasteiger partial charge in [0.15, 0.2) is 5.50 Å². The molecule has 0 saturated heterocycles. The molecule has 0 radical (unpaired) electrons. The second-order valence-electron chi connectivity index (χ2n) is 5.25. The molecule has 0 aliphatic heterocycles. The lowest BCUT2D eigenvalue weighted by Gasteiger charge is -2.30. The highest BCUT2D eigenvalue weighted by Crippen LogP contribution is 2.20. The summed E-state index contributed by atoms with van der Waals surface area (Å²) in [6.07, 6.45) is 2.13. The second-order valence-corrected chi connectivity index (χ2v) is 5.75. The highest BCUT2D eigenvalue weighted by atomic mass is 35.5. The fourth-order valence-corrected chi connectivity index (χ4v) is 1.58. The Morgan fingerprint density at radius 2 is 1.82 bits per heavy atom. The molecule has 0 aromatic carbocycles. The number of hydrogen-bond donors (Lipinski definition) is 1. The van der Waals surface area contributed by atoms with Crippen molar-refractivity contribution in [1.82, 2.24) is 0 Å². The molecule has 0 fully saturated rings. The Kier molecular flexibility index (Phi) is 6.72. The van der Waals surface area contributed by atoms with Gasteiger partial charge in [0.25, 0.3) is 0 Å². The second kappa shape index (κ2) is 6.97. The van der Waals surface area contributed by atoms with Gasteiger partial charge in [0.05, 0.1) is 21.1 Å². The van der Waals surface area contributed by atoms with Crippen LogP contribution in [0.5, 0.6) is 0 Å². The SMILES string of the molecule is CCCCC(=O)[C@@H](C[C@H](Cl)[N+](C)(C)C)C(=O)O. The number of carboxylic acid groups (broad SMARTS) is 1. The summed E-state index contributed by atoms with van der Waals surface area (Å²) >= 11 is 6.13. The fourth-order valence-electron chi connectivity index (χ4n) is 1.41. The van der Waals surface area contributed by atoms with Gasteiger partial charge in [-0.15, -0.1) is 0 Å². The summed E-state index contributed by atoms with van der Waals surface area (Å²) in [7, 11) is 5.65. The Hall–Kier alpha value is -0.610. The number of carbonyl (C=O) groups excluding carboxylic acids is 1. The van der Waals surface area contributed by atoms with Gasteiger partial charge in [-0.2, -0.15) is 0 Å². The van der Waals surface area contributed by atoms with Crippen LogP contribution in [0.15, 0.2) is 0 Å². The molecule has 17 heavy (non-hydrogen) atoms. The monoisotopic (exact) mass is 264 g/mol. The number of rotatable bonds is 8. The number of alkyl halides is 1. The van der Waals surface area contributed by atoms with E-state index in [1.54, 1.807) is 0 Å². The van der Waals surface area contributed by atoms with E-state index in [2.05, 4.69) is 0 Å². The van der Waals surface area contributed by atoms with E-state index in [9.17, 15) is 9.59 Å². The summed E-state index contributed by atoms with van der Waals surface area (Å²) in [4.78, 5) is 22.8. The van der Waals surface area contributed by atoms with Crippen molar-refractivity contribution >= 4 is 23.4 Å². The van der Waals surface area contributed by atoms with Crippen LogP contribution in [0.1, 0.15) is 32.6 Å². The summed E-state index contributed by atoms with van der Waals surface area (Å²) in [6, 6.07) is 0. The minimum Gasteiger partial charge on any atom is -0.481 e. The summed E-state index contributed by atoms with van der Waals surface area (Å²) in [5.41, 5.74) is -0.373. The van der Waals surface area contributed by atoms with Crippen molar-refractivity contribution in [3.8, 4) is 0 Å². The van der Waals surface area contributed by atoms with Gasteiger partial charge in [0.2, 0.25) is 0 Å². The molecule has 0 rings (SSSR count). The number of unbranched alkanes of at least 4 members (excludes halogenated alkanes) is 1. The maximum atomic E-state index is 11.8. The lowest BCUT2D eigenvalue weighted by atomic mass is 9.96. The molecule has 0 aliphatic carbocycles. The first-order chi connectivity index (χ1) is 7.70. The molecule has 0 heterocycles. The van der Waals surface area contributed by atoms with Crippen molar-refractivity contribution in [1.29, 1.82) is 0 Å². The van der Waals surface area contributed by atoms with E-state index in [4.69, 9.17) is 16.7 Å². The van der Waals surface area contributed by atoms with Gasteiger partial charge in [-0.25, -0.2) is 0 Å². The molecule has 0 aliphatic rings. The Morgan fingerprint density at radius 3 is 2.18 bits per heavy atom. The molecule has 0 saturated carbocycles. The van der Waals surface area contributed by atoms with Crippen LogP contribution in [0.3, 0.4) is 0 Å². The van der Waals surface area contributed by atoms with Crippen LogP contribution in [0, 0.1) is 5.92 Å². The third-order valence-electron chi connectivity index (χ3n) is 2.73. The summed E-state index contributed by atoms with van der Waals surface area (Å²) < 4.78 is 0.437. The number of ketones is 1. The van der Waals surface area contributed by atoms with Gasteiger partial charge in [-0.3, -0.25) is 9.59 Å². The van der Waals surface area contributed by atoms with Crippen LogP contribution in [-0.2, 0) is 9.59 Å². The minimum atomic E-state index is -1.06. The van der Waals surface area contributed by atoms with E-state index in [1.807, 2.05) is 28.1 Å². The lowest BCUT2D eigenvalue weighted by Crippen LogP contribution is -2.44. The summed E-state index contributed by atoms with van der Waals surface area (Å²) in [5, 5.41) is 9.07. The molecule has 0 amide bonds. The predicted molar refractivity (Wildman–Crippen MR) is 67.9 cm³/mol. The summed E-state index contributed by atoms with van der Waals surface area (Å²) in [5.74, 6) is -2.25. The van der Waals surface area contributed by atoms with Gasteiger partial charge in [-0.05, 0) is 6.42 Å². The molecule has 2 atom stereocenters. The zero-order valence-corrected chi connectivity index (χ0v) is 11.8. The number of nitrogens with zero attached hydrogens (tertiary/aromatic N) is 1. The molecular formula is C12H23ClNO3+. The molecule has 100 valence electrons. The zero-order chi connectivity index (χ0) is 13.6. The number of hydrogen-bond acceptors (Lipinski definition) is 2. The highest BCUT2D eigenvalue weighted by Gasteiger charge is 2.33. The van der Waals surface area contributed by atoms with Gasteiger partial charge in [0.1, 0.15) is 11.7 Å². The quantitative estimate of drug-likeness (QED) is 0.316. The number of Topliss-reactive ketones (excluding diaryl/α,β-unsaturated/α-hetero) is 1. The molecule has 0 bridgehead atoms. The molecule has 0 aromatic rings. The average Bonchev–Trinajstić information content (AvgIpc) is 2.20. The van der Waals surface area contributed by atoms with Crippen LogP contribution in [0.2, 0.25) is 0 Å². The minimum absolute atomic E-state index is 0.183. The third-order valence-corrected chi connectivity index (χ3v) is 3.50. The normalized spacial score (nSPS) is 15.4. The number of carboxylic acids is 1. The van der Waals surface area contributed by atoms with Crippen molar-refractivity contribution in [2.75, 3.05) is 21.1 Å². The Labute approximate surface area is 108 Å². The van der Waals surface area contributed by atoms with Crippen LogP contribution in [0.25, 0.3) is 0 Å². The largest absolute Gasteiger partial charge is 0.481 e. The molecule has 0 unspecified atom stereocenters. The maximum absolute atomic E-state index is 11.8. The van der Waals surface area contributed by atoms with Gasteiger partial charge >= 0.3 is 5.97 Å². The fraction of sp³-hybridized carbons (Fsp3) is 0.833. The maximum Gasteiger partial charge on any atom is 0.314 e. The topological polar surface area (TPSA) is 54.4 Å². The molecular weight excluding hydrogens is 242 g/mol. The van der Waals surface area contributed by atoms with E-state index in [0.29, 0.717) is 10.9 Å². The standard InChI is InChI=1S/C12H22ClNO3/c1-5-6-7-10(15)9(12(16)17)8-11(13)14(2,3)4/h9,11H,5-8H2,1-4H3/p+1/t9-,11-/m1/s1. The number of aliphatic carboxylic acids is 1. The Morgan fingerprint density at radius 1 is 1.29 bits per heavy atom. The first-order valence-corrected chi connectivity index (χ1v) is 6.34. The Bertz CT molecular complexity index is 273. The number of halogens is 1. The van der Waals surface area contributed by atoms with E-state index in [1.165, 1.54) is 0 Å². The average molecular weight is 265 g/mol. The van der Waals surface area contributed by atoms with Gasteiger partial charge in [0, 0.05) is 12.8 Å². The predicted octanol–water partition coefficient (Wildman–Crippen LogP) is 2.11. The van der Waals surface area contributed by atoms with E-state index >= 15 is 0 Å². The van der Waals surface area contributed by atoms with E-state index in [-0.39, 0.29) is 17.7 Å². The van der Waals surface area contributed by atoms with Crippen molar-refractivity contribution in [2.24, 2.45) is 5.92 Å². The van der Waals surface area contributed by atoms with E-state index in [0.717, 1.165) is 12.8 Å². The first-order valence-electron chi connectivity index (χ1n) is 5.90. The van der Waals surface area contributed by atoms with Crippen LogP contribution in [-0.4, -0.2) is 48.0 Å². The third kappa shape index (κ3) is 6.03. The van der Waals surface area contributed by atoms with Crippen molar-refractivity contribution in [3.63, 3.8) is 0 Å². The zero-order valence-electron chi connectivity index (χ0n) is 11.1. The number of quaternary nitrogens is 1.